The largest absolute Gasteiger partial charge is 0.268 e. The summed E-state index contributed by atoms with van der Waals surface area (Å²) in [4.78, 5) is 31.9. The molecule has 2 aromatic carbocycles. The van der Waals surface area contributed by atoms with E-state index in [0.717, 1.165) is 17.3 Å². The zero-order chi connectivity index (χ0) is 18.4. The van der Waals surface area contributed by atoms with Crippen molar-refractivity contribution in [3.8, 4) is 0 Å². The molecule has 0 bridgehead atoms. The first-order chi connectivity index (χ1) is 12.5. The highest BCUT2D eigenvalue weighted by molar-refractivity contribution is 6.37. The molecule has 4 nitrogen and oxygen atoms in total. The average molecular weight is 344 g/mol. The van der Waals surface area contributed by atoms with Gasteiger partial charge in [-0.25, -0.2) is 4.90 Å². The van der Waals surface area contributed by atoms with Gasteiger partial charge in [-0.3, -0.25) is 14.6 Å². The summed E-state index contributed by atoms with van der Waals surface area (Å²) in [5.41, 5.74) is 4.02. The first-order valence-electron chi connectivity index (χ1n) is 8.91. The molecule has 0 aliphatic carbocycles. The second kappa shape index (κ2) is 6.06. The summed E-state index contributed by atoms with van der Waals surface area (Å²) in [5.74, 6) is -0.123. The van der Waals surface area contributed by atoms with Crippen LogP contribution < -0.4 is 4.90 Å². The molecular formula is C22H20N2O2. The number of rotatable bonds is 3. The van der Waals surface area contributed by atoms with Crippen molar-refractivity contribution >= 4 is 28.4 Å². The second-order valence-corrected chi connectivity index (χ2v) is 6.81. The van der Waals surface area contributed by atoms with Crippen LogP contribution in [-0.4, -0.2) is 16.8 Å². The van der Waals surface area contributed by atoms with Crippen LogP contribution in [0.5, 0.6) is 0 Å². The monoisotopic (exact) mass is 344 g/mol. The molecule has 2 heterocycles. The van der Waals surface area contributed by atoms with Gasteiger partial charge in [0.05, 0.1) is 28.0 Å². The molecule has 2 amide bonds. The minimum Gasteiger partial charge on any atom is -0.268 e. The Bertz CT molecular complexity index is 1040. The number of para-hydroxylation sites is 1. The molecule has 0 saturated carbocycles. The molecular weight excluding hydrogens is 324 g/mol. The van der Waals surface area contributed by atoms with Gasteiger partial charge >= 0.3 is 0 Å². The highest BCUT2D eigenvalue weighted by atomic mass is 16.2. The lowest BCUT2D eigenvalue weighted by Crippen LogP contribution is -2.29. The van der Waals surface area contributed by atoms with Crippen LogP contribution in [0.1, 0.15) is 58.2 Å². The maximum atomic E-state index is 13.1. The summed E-state index contributed by atoms with van der Waals surface area (Å²) < 4.78 is 0. The van der Waals surface area contributed by atoms with Crippen molar-refractivity contribution in [2.75, 3.05) is 4.90 Å². The van der Waals surface area contributed by atoms with Crippen LogP contribution in [0.2, 0.25) is 0 Å². The molecule has 1 atom stereocenters. The Balaban J connectivity index is 1.83. The van der Waals surface area contributed by atoms with Gasteiger partial charge in [-0.2, -0.15) is 0 Å². The molecule has 4 rings (SSSR count). The zero-order valence-electron chi connectivity index (χ0n) is 15.1. The minimum absolute atomic E-state index is 0.275. The van der Waals surface area contributed by atoms with Gasteiger partial charge in [-0.1, -0.05) is 44.2 Å². The Hall–Kier alpha value is -3.01. The fourth-order valence-electron chi connectivity index (χ4n) is 3.56. The van der Waals surface area contributed by atoms with Crippen LogP contribution in [0.4, 0.5) is 5.69 Å². The normalized spacial score (nSPS) is 14.8. The first kappa shape index (κ1) is 16.5. The molecule has 130 valence electrons. The molecule has 3 aromatic rings. The Morgan fingerprint density at radius 3 is 2.31 bits per heavy atom. The number of aryl methyl sites for hydroxylation is 1. The predicted octanol–water partition coefficient (Wildman–Crippen LogP) is 4.86. The summed E-state index contributed by atoms with van der Waals surface area (Å²) in [5, 5.41) is 0.727. The summed E-state index contributed by atoms with van der Waals surface area (Å²) in [6.45, 7) is 6.09. The van der Waals surface area contributed by atoms with Crippen LogP contribution in [0.3, 0.4) is 0 Å². The van der Waals surface area contributed by atoms with E-state index in [4.69, 9.17) is 0 Å². The van der Waals surface area contributed by atoms with Gasteiger partial charge in [-0.15, -0.1) is 0 Å². The fourth-order valence-corrected chi connectivity index (χ4v) is 3.56. The van der Waals surface area contributed by atoms with Gasteiger partial charge in [0, 0.05) is 5.39 Å². The van der Waals surface area contributed by atoms with Crippen LogP contribution in [0, 0.1) is 6.92 Å². The van der Waals surface area contributed by atoms with Gasteiger partial charge in [0.1, 0.15) is 0 Å². The van der Waals surface area contributed by atoms with E-state index in [-0.39, 0.29) is 11.8 Å². The molecule has 1 aliphatic rings. The van der Waals surface area contributed by atoms with Crippen LogP contribution in [0.15, 0.2) is 48.5 Å². The third kappa shape index (κ3) is 2.33. The molecule has 4 heteroatoms. The van der Waals surface area contributed by atoms with E-state index in [0.29, 0.717) is 28.4 Å². The number of hydrogen-bond donors (Lipinski definition) is 0. The molecule has 1 aliphatic heterocycles. The highest BCUT2D eigenvalue weighted by Crippen LogP contribution is 2.34. The van der Waals surface area contributed by atoms with E-state index in [1.165, 1.54) is 10.5 Å². The number of fused-ring (bicyclic) bond motifs is 3. The SMILES string of the molecule is CC[C@@H](C)c1ccc(N2C(=O)c3c(C)nc4ccccc4c3C2=O)cc1. The Morgan fingerprint density at radius 1 is 0.962 bits per heavy atom. The van der Waals surface area contributed by atoms with Gasteiger partial charge in [0.15, 0.2) is 0 Å². The van der Waals surface area contributed by atoms with Crippen molar-refractivity contribution < 1.29 is 9.59 Å². The van der Waals surface area contributed by atoms with E-state index < -0.39 is 0 Å². The van der Waals surface area contributed by atoms with Gasteiger partial charge in [-0.05, 0) is 43.0 Å². The third-order valence-corrected chi connectivity index (χ3v) is 5.24. The number of imide groups is 1. The van der Waals surface area contributed by atoms with Gasteiger partial charge in [0.25, 0.3) is 11.8 Å². The van der Waals surface area contributed by atoms with E-state index in [1.807, 2.05) is 48.5 Å². The van der Waals surface area contributed by atoms with Crippen molar-refractivity contribution in [1.29, 1.82) is 0 Å². The molecule has 0 fully saturated rings. The standard InChI is InChI=1S/C22H20N2O2/c1-4-13(2)15-9-11-16(12-10-15)24-21(25)19-14(3)23-18-8-6-5-7-17(18)20(19)22(24)26/h5-13H,4H2,1-3H3/t13-/m1/s1. The van der Waals surface area contributed by atoms with Crippen molar-refractivity contribution in [3.63, 3.8) is 0 Å². The molecule has 26 heavy (non-hydrogen) atoms. The first-order valence-corrected chi connectivity index (χ1v) is 8.91. The Labute approximate surface area is 152 Å². The molecule has 0 saturated heterocycles. The molecule has 0 radical (unpaired) electrons. The fraction of sp³-hybridized carbons (Fsp3) is 0.227. The van der Waals surface area contributed by atoms with Crippen molar-refractivity contribution in [2.24, 2.45) is 0 Å². The van der Waals surface area contributed by atoms with Crippen LogP contribution in [0.25, 0.3) is 10.9 Å². The van der Waals surface area contributed by atoms with E-state index in [2.05, 4.69) is 18.8 Å². The van der Waals surface area contributed by atoms with Crippen LogP contribution >= 0.6 is 0 Å². The molecule has 1 aromatic heterocycles. The summed E-state index contributed by atoms with van der Waals surface area (Å²) in [6, 6.07) is 15.2. The second-order valence-electron chi connectivity index (χ2n) is 6.81. The minimum atomic E-state index is -0.294. The summed E-state index contributed by atoms with van der Waals surface area (Å²) in [7, 11) is 0. The molecule has 0 N–H and O–H groups in total. The molecule has 0 spiro atoms. The topological polar surface area (TPSA) is 50.3 Å². The Kier molecular flexibility index (Phi) is 3.83. The maximum absolute atomic E-state index is 13.1. The smallest absolute Gasteiger partial charge is 0.268 e. The highest BCUT2D eigenvalue weighted by Gasteiger charge is 2.39. The van der Waals surface area contributed by atoms with E-state index in [9.17, 15) is 9.59 Å². The number of carbonyl (C=O) groups is 2. The third-order valence-electron chi connectivity index (χ3n) is 5.24. The maximum Gasteiger partial charge on any atom is 0.268 e. The average Bonchev–Trinajstić information content (AvgIpc) is 2.93. The predicted molar refractivity (Wildman–Crippen MR) is 103 cm³/mol. The van der Waals surface area contributed by atoms with E-state index in [1.54, 1.807) is 6.92 Å². The lowest BCUT2D eigenvalue weighted by molar-refractivity contribution is 0.0926. The zero-order valence-corrected chi connectivity index (χ0v) is 15.1. The molecule has 0 unspecified atom stereocenters. The van der Waals surface area contributed by atoms with Gasteiger partial charge in [0.2, 0.25) is 0 Å². The van der Waals surface area contributed by atoms with Crippen molar-refractivity contribution in [2.45, 2.75) is 33.1 Å². The van der Waals surface area contributed by atoms with Crippen molar-refractivity contribution in [3.05, 3.63) is 70.9 Å². The van der Waals surface area contributed by atoms with Crippen LogP contribution in [-0.2, 0) is 0 Å². The number of aromatic nitrogens is 1. The summed E-state index contributed by atoms with van der Waals surface area (Å²) in [6.07, 6.45) is 1.04. The Morgan fingerprint density at radius 2 is 1.62 bits per heavy atom. The summed E-state index contributed by atoms with van der Waals surface area (Å²) >= 11 is 0. The number of benzene rings is 2. The number of hydrogen-bond acceptors (Lipinski definition) is 3. The number of anilines is 1. The van der Waals surface area contributed by atoms with E-state index >= 15 is 0 Å². The lowest BCUT2D eigenvalue weighted by atomic mass is 9.98. The number of carbonyl (C=O) groups excluding carboxylic acids is 2. The number of amides is 2. The number of nitrogens with zero attached hydrogens (tertiary/aromatic N) is 2. The van der Waals surface area contributed by atoms with Crippen molar-refractivity contribution in [1.82, 2.24) is 4.98 Å². The lowest BCUT2D eigenvalue weighted by Gasteiger charge is -2.16. The quantitative estimate of drug-likeness (QED) is 0.638. The van der Waals surface area contributed by atoms with Gasteiger partial charge < -0.3 is 0 Å². The number of pyridine rings is 1.